The third-order valence-electron chi connectivity index (χ3n) is 3.08. The summed E-state index contributed by atoms with van der Waals surface area (Å²) in [6.45, 7) is 0. The average Bonchev–Trinajstić information content (AvgIpc) is 2.68. The zero-order chi connectivity index (χ0) is 13.4. The minimum atomic E-state index is -0.103. The molecule has 0 aliphatic heterocycles. The molecule has 1 atom stereocenters. The number of benzene rings is 2. The lowest BCUT2D eigenvalue weighted by Gasteiger charge is -2.07. The Kier molecular flexibility index (Phi) is 3.33. The van der Waals surface area contributed by atoms with Gasteiger partial charge in [0.25, 0.3) is 0 Å². The minimum absolute atomic E-state index is 0.103. The molecule has 1 aliphatic carbocycles. The molecule has 0 aromatic heterocycles. The molecule has 0 saturated carbocycles. The van der Waals surface area contributed by atoms with E-state index in [1.807, 2.05) is 30.3 Å². The lowest BCUT2D eigenvalue weighted by atomic mass is 10.1. The molecule has 2 aromatic rings. The summed E-state index contributed by atoms with van der Waals surface area (Å²) in [6, 6.07) is 12.7. The predicted octanol–water partition coefficient (Wildman–Crippen LogP) is 4.63. The van der Waals surface area contributed by atoms with E-state index in [0.29, 0.717) is 11.4 Å². The summed E-state index contributed by atoms with van der Waals surface area (Å²) in [5.74, 6) is 1.60. The van der Waals surface area contributed by atoms with Crippen molar-refractivity contribution in [3.8, 4) is 11.5 Å². The number of ketones is 1. The summed E-state index contributed by atoms with van der Waals surface area (Å²) in [6.07, 6.45) is 0.714. The minimum Gasteiger partial charge on any atom is -0.457 e. The molecule has 2 aromatic carbocycles. The van der Waals surface area contributed by atoms with Crippen molar-refractivity contribution in [1.29, 1.82) is 0 Å². The van der Waals surface area contributed by atoms with Gasteiger partial charge in [0, 0.05) is 10.6 Å². The van der Waals surface area contributed by atoms with Gasteiger partial charge in [0.05, 0.1) is 4.83 Å². The van der Waals surface area contributed by atoms with Crippen LogP contribution in [0.3, 0.4) is 0 Å². The fourth-order valence-corrected chi connectivity index (χ4v) is 2.86. The highest BCUT2D eigenvalue weighted by atomic mass is 79.9. The van der Waals surface area contributed by atoms with Crippen molar-refractivity contribution in [3.05, 3.63) is 58.6 Å². The van der Waals surface area contributed by atoms with E-state index in [-0.39, 0.29) is 10.6 Å². The van der Waals surface area contributed by atoms with Crippen molar-refractivity contribution in [2.75, 3.05) is 0 Å². The molecule has 0 amide bonds. The van der Waals surface area contributed by atoms with Crippen LogP contribution in [0.5, 0.6) is 11.5 Å². The Morgan fingerprint density at radius 3 is 2.53 bits per heavy atom. The van der Waals surface area contributed by atoms with Crippen molar-refractivity contribution in [3.63, 3.8) is 0 Å². The molecule has 0 N–H and O–H groups in total. The Balaban J connectivity index is 1.86. The van der Waals surface area contributed by atoms with Crippen molar-refractivity contribution in [2.45, 2.75) is 11.2 Å². The van der Waals surface area contributed by atoms with Gasteiger partial charge in [-0.1, -0.05) is 27.5 Å². The van der Waals surface area contributed by atoms with Crippen molar-refractivity contribution >= 4 is 33.3 Å². The van der Waals surface area contributed by atoms with Crippen LogP contribution in [0.1, 0.15) is 15.9 Å². The van der Waals surface area contributed by atoms with Crippen molar-refractivity contribution in [1.82, 2.24) is 0 Å². The number of alkyl halides is 1. The second-order valence-electron chi connectivity index (χ2n) is 4.41. The number of carbonyl (C=O) groups excluding carboxylic acids is 1. The van der Waals surface area contributed by atoms with Crippen LogP contribution in [0, 0.1) is 0 Å². The van der Waals surface area contributed by atoms with Crippen molar-refractivity contribution in [2.24, 2.45) is 0 Å². The maximum absolute atomic E-state index is 11.8. The van der Waals surface area contributed by atoms with E-state index < -0.39 is 0 Å². The smallest absolute Gasteiger partial charge is 0.177 e. The Morgan fingerprint density at radius 2 is 1.79 bits per heavy atom. The molecule has 19 heavy (non-hydrogen) atoms. The highest BCUT2D eigenvalue weighted by molar-refractivity contribution is 9.10. The van der Waals surface area contributed by atoms with Crippen molar-refractivity contribution < 1.29 is 9.53 Å². The Labute approximate surface area is 124 Å². The highest BCUT2D eigenvalue weighted by Crippen LogP contribution is 2.31. The molecule has 0 spiro atoms. The van der Waals surface area contributed by atoms with Gasteiger partial charge in [-0.2, -0.15) is 0 Å². The zero-order valence-corrected chi connectivity index (χ0v) is 12.2. The first-order chi connectivity index (χ1) is 9.13. The molecule has 4 heteroatoms. The lowest BCUT2D eigenvalue weighted by Crippen LogP contribution is -2.05. The van der Waals surface area contributed by atoms with E-state index in [2.05, 4.69) is 15.9 Å². The molecule has 1 aliphatic rings. The largest absolute Gasteiger partial charge is 0.457 e. The first-order valence-electron chi connectivity index (χ1n) is 5.88. The fraction of sp³-hybridized carbons (Fsp3) is 0.133. The molecule has 0 fully saturated rings. The molecule has 0 bridgehead atoms. The third-order valence-corrected chi connectivity index (χ3v) is 4.07. The molecular weight excluding hydrogens is 328 g/mol. The van der Waals surface area contributed by atoms with E-state index in [9.17, 15) is 4.79 Å². The van der Waals surface area contributed by atoms with Crippen LogP contribution >= 0.6 is 27.5 Å². The van der Waals surface area contributed by atoms with Gasteiger partial charge in [-0.25, -0.2) is 0 Å². The summed E-state index contributed by atoms with van der Waals surface area (Å²) in [4.78, 5) is 11.7. The Bertz CT molecular complexity index is 637. The summed E-state index contributed by atoms with van der Waals surface area (Å²) in [5, 5.41) is 0.675. The first kappa shape index (κ1) is 12.7. The van der Waals surface area contributed by atoms with E-state index >= 15 is 0 Å². The zero-order valence-electron chi connectivity index (χ0n) is 9.90. The topological polar surface area (TPSA) is 26.3 Å². The maximum Gasteiger partial charge on any atom is 0.177 e. The second kappa shape index (κ2) is 4.99. The highest BCUT2D eigenvalue weighted by Gasteiger charge is 2.28. The molecule has 96 valence electrons. The monoisotopic (exact) mass is 336 g/mol. The van der Waals surface area contributed by atoms with E-state index in [1.165, 1.54) is 0 Å². The van der Waals surface area contributed by atoms with Gasteiger partial charge in [-0.05, 0) is 54.4 Å². The van der Waals surface area contributed by atoms with Crippen LogP contribution < -0.4 is 4.74 Å². The van der Waals surface area contributed by atoms with Crippen LogP contribution in [-0.4, -0.2) is 10.6 Å². The van der Waals surface area contributed by atoms with Gasteiger partial charge in [-0.3, -0.25) is 4.79 Å². The standard InChI is InChI=1S/C15H10BrClO2/c16-14-8-9-7-12(5-6-13(9)15(14)18)19-11-3-1-10(17)2-4-11/h1-7,14H,8H2. The summed E-state index contributed by atoms with van der Waals surface area (Å²) < 4.78 is 5.74. The number of hydrogen-bond donors (Lipinski definition) is 0. The molecular formula is C15H10BrClO2. The molecule has 1 unspecified atom stereocenters. The number of halogens is 2. The first-order valence-corrected chi connectivity index (χ1v) is 7.17. The number of fused-ring (bicyclic) bond motifs is 1. The fourth-order valence-electron chi connectivity index (χ4n) is 2.14. The van der Waals surface area contributed by atoms with E-state index in [4.69, 9.17) is 16.3 Å². The predicted molar refractivity (Wildman–Crippen MR) is 78.7 cm³/mol. The molecule has 0 heterocycles. The molecule has 0 saturated heterocycles. The van der Waals surface area contributed by atoms with Crippen LogP contribution in [0.15, 0.2) is 42.5 Å². The Hall–Kier alpha value is -1.32. The van der Waals surface area contributed by atoms with Crippen LogP contribution in [0.4, 0.5) is 0 Å². The second-order valence-corrected chi connectivity index (χ2v) is 5.95. The SMILES string of the molecule is O=C1c2ccc(Oc3ccc(Cl)cc3)cc2CC1Br. The molecule has 0 radical (unpaired) electrons. The Morgan fingerprint density at radius 1 is 1.11 bits per heavy atom. The maximum atomic E-state index is 11.8. The van der Waals surface area contributed by atoms with Gasteiger partial charge in [0.15, 0.2) is 5.78 Å². The van der Waals surface area contributed by atoms with Gasteiger partial charge in [0.1, 0.15) is 11.5 Å². The van der Waals surface area contributed by atoms with Gasteiger partial charge in [0.2, 0.25) is 0 Å². The van der Waals surface area contributed by atoms with Gasteiger partial charge >= 0.3 is 0 Å². The summed E-state index contributed by atoms with van der Waals surface area (Å²) in [5.41, 5.74) is 1.81. The number of rotatable bonds is 2. The number of hydrogen-bond acceptors (Lipinski definition) is 2. The van der Waals surface area contributed by atoms with Crippen LogP contribution in [0.2, 0.25) is 5.02 Å². The summed E-state index contributed by atoms with van der Waals surface area (Å²) in [7, 11) is 0. The number of ether oxygens (including phenoxy) is 1. The average molecular weight is 338 g/mol. The number of Topliss-reactive ketones (excluding diaryl/α,β-unsaturated/α-hetero) is 1. The number of carbonyl (C=O) groups is 1. The summed E-state index contributed by atoms with van der Waals surface area (Å²) >= 11 is 9.20. The van der Waals surface area contributed by atoms with Gasteiger partial charge in [-0.15, -0.1) is 0 Å². The van der Waals surface area contributed by atoms with E-state index in [1.54, 1.807) is 12.1 Å². The molecule has 2 nitrogen and oxygen atoms in total. The third kappa shape index (κ3) is 2.53. The normalized spacial score (nSPS) is 17.4. The van der Waals surface area contributed by atoms with Crippen LogP contribution in [0.25, 0.3) is 0 Å². The van der Waals surface area contributed by atoms with E-state index in [0.717, 1.165) is 22.6 Å². The van der Waals surface area contributed by atoms with Crippen LogP contribution in [-0.2, 0) is 6.42 Å². The lowest BCUT2D eigenvalue weighted by molar-refractivity contribution is 0.100. The van der Waals surface area contributed by atoms with Gasteiger partial charge < -0.3 is 4.74 Å². The molecule has 3 rings (SSSR count). The quantitative estimate of drug-likeness (QED) is 0.747.